The molecule has 6 rings (SSSR count). The van der Waals surface area contributed by atoms with Gasteiger partial charge in [0.05, 0.1) is 30.2 Å². The Kier molecular flexibility index (Phi) is 5.83. The van der Waals surface area contributed by atoms with Gasteiger partial charge in [-0.1, -0.05) is 23.8 Å². The fourth-order valence-corrected chi connectivity index (χ4v) is 6.64. The van der Waals surface area contributed by atoms with Gasteiger partial charge in [0, 0.05) is 34.3 Å². The van der Waals surface area contributed by atoms with Crippen LogP contribution in [0.5, 0.6) is 11.5 Å². The minimum Gasteiger partial charge on any atom is -0.507 e. The lowest BCUT2D eigenvalue weighted by Gasteiger charge is -2.42. The maximum absolute atomic E-state index is 13.9. The van der Waals surface area contributed by atoms with Crippen molar-refractivity contribution < 1.29 is 38.9 Å². The predicted octanol–water partition coefficient (Wildman–Crippen LogP) is 3.73. The van der Waals surface area contributed by atoms with Gasteiger partial charge in [-0.05, 0) is 56.0 Å². The summed E-state index contributed by atoms with van der Waals surface area (Å²) in [6.45, 7) is 1.58. The number of carboxylic acid groups (broad SMARTS) is 1. The fraction of sp³-hybridized carbons (Fsp3) is 0.258. The number of allylic oxidation sites excluding steroid dienone is 6. The maximum atomic E-state index is 13.9. The molecule has 1 aliphatic heterocycles. The number of Topliss-reactive ketones (excluding diaryl/α,β-unsaturated/α-hetero) is 1. The van der Waals surface area contributed by atoms with Crippen molar-refractivity contribution in [3.63, 3.8) is 0 Å². The number of anilines is 1. The van der Waals surface area contributed by atoms with Gasteiger partial charge >= 0.3 is 5.97 Å². The van der Waals surface area contributed by atoms with Gasteiger partial charge in [0.15, 0.2) is 11.6 Å². The molecule has 0 radical (unpaired) electrons. The standard InChI is InChI=1S/C31H25NO8/c1-14-10-23(33)22-13-21-18(25(27(22)28(14)35)19-7-6-17(40-2)12-24(19)34)8-9-20-26(21)30(37)32(29(20)36)16-5-3-4-15(11-16)31(38)39/h3-8,10-12,20-21,25-26,34H,9,13H2,1-2H3,(H,38,39). The summed E-state index contributed by atoms with van der Waals surface area (Å²) < 4.78 is 5.22. The normalized spacial score (nSPS) is 25.7. The highest BCUT2D eigenvalue weighted by atomic mass is 16.5. The van der Waals surface area contributed by atoms with Gasteiger partial charge in [-0.2, -0.15) is 0 Å². The first-order chi connectivity index (χ1) is 19.1. The van der Waals surface area contributed by atoms with Gasteiger partial charge < -0.3 is 14.9 Å². The van der Waals surface area contributed by atoms with Crippen molar-refractivity contribution in [1.29, 1.82) is 0 Å². The van der Waals surface area contributed by atoms with Crippen molar-refractivity contribution in [3.8, 4) is 11.5 Å². The molecular formula is C31H25NO8. The second-order valence-corrected chi connectivity index (χ2v) is 10.5. The minimum absolute atomic E-state index is 0.0530. The Morgan fingerprint density at radius 2 is 1.80 bits per heavy atom. The molecule has 2 aromatic rings. The molecule has 2 amide bonds. The SMILES string of the molecule is COc1ccc(C2C3=CCC4C(=O)N(c5cccc(C(=O)O)c5)C(=O)C4C3CC3=C2C(=O)C(C)=CC3=O)c(O)c1. The summed E-state index contributed by atoms with van der Waals surface area (Å²) in [6, 6.07) is 10.4. The lowest BCUT2D eigenvalue weighted by molar-refractivity contribution is -0.123. The van der Waals surface area contributed by atoms with E-state index >= 15 is 0 Å². The van der Waals surface area contributed by atoms with Crippen LogP contribution in [0.25, 0.3) is 0 Å². The van der Waals surface area contributed by atoms with Crippen LogP contribution in [0, 0.1) is 17.8 Å². The van der Waals surface area contributed by atoms with Crippen LogP contribution in [0.2, 0.25) is 0 Å². The molecular weight excluding hydrogens is 514 g/mol. The molecule has 2 aromatic carbocycles. The number of methoxy groups -OCH3 is 1. The van der Waals surface area contributed by atoms with Crippen molar-refractivity contribution in [3.05, 3.63) is 88.0 Å². The van der Waals surface area contributed by atoms with Gasteiger partial charge in [0.25, 0.3) is 0 Å². The van der Waals surface area contributed by atoms with Gasteiger partial charge in [-0.3, -0.25) is 24.1 Å². The zero-order valence-corrected chi connectivity index (χ0v) is 21.7. The smallest absolute Gasteiger partial charge is 0.335 e. The number of imide groups is 1. The van der Waals surface area contributed by atoms with Crippen molar-refractivity contribution in [2.24, 2.45) is 17.8 Å². The van der Waals surface area contributed by atoms with Crippen LogP contribution in [0.1, 0.15) is 41.6 Å². The van der Waals surface area contributed by atoms with Gasteiger partial charge in [0.2, 0.25) is 11.8 Å². The highest BCUT2D eigenvalue weighted by molar-refractivity contribution is 6.25. The van der Waals surface area contributed by atoms with Crippen LogP contribution in [-0.2, 0) is 19.2 Å². The molecule has 4 aliphatic rings. The number of phenols is 1. The number of carbonyl (C=O) groups excluding carboxylic acids is 4. The number of rotatable bonds is 4. The van der Waals surface area contributed by atoms with E-state index in [9.17, 15) is 34.2 Å². The first kappa shape index (κ1) is 25.5. The number of fused-ring (bicyclic) bond motifs is 3. The second-order valence-electron chi connectivity index (χ2n) is 10.5. The second kappa shape index (κ2) is 9.15. The van der Waals surface area contributed by atoms with Crippen LogP contribution in [0.15, 0.2) is 76.9 Å². The number of benzene rings is 2. The Bertz CT molecular complexity index is 1640. The number of amides is 2. The molecule has 0 bridgehead atoms. The van der Waals surface area contributed by atoms with Crippen LogP contribution in [0.4, 0.5) is 5.69 Å². The Morgan fingerprint density at radius 1 is 1.02 bits per heavy atom. The van der Waals surface area contributed by atoms with Crippen molar-refractivity contribution in [2.45, 2.75) is 25.7 Å². The average Bonchev–Trinajstić information content (AvgIpc) is 3.20. The van der Waals surface area contributed by atoms with E-state index in [0.29, 0.717) is 22.5 Å². The number of carbonyl (C=O) groups is 5. The van der Waals surface area contributed by atoms with E-state index in [1.54, 1.807) is 19.1 Å². The van der Waals surface area contributed by atoms with Crippen molar-refractivity contribution in [2.75, 3.05) is 12.0 Å². The zero-order valence-electron chi connectivity index (χ0n) is 21.7. The number of hydrogen-bond acceptors (Lipinski definition) is 7. The van der Waals surface area contributed by atoms with Gasteiger partial charge in [0.1, 0.15) is 11.5 Å². The highest BCUT2D eigenvalue weighted by Gasteiger charge is 2.56. The third-order valence-corrected chi connectivity index (χ3v) is 8.46. The summed E-state index contributed by atoms with van der Waals surface area (Å²) in [5.41, 5.74) is 2.10. The molecule has 2 N–H and O–H groups in total. The highest BCUT2D eigenvalue weighted by Crippen LogP contribution is 2.56. The summed E-state index contributed by atoms with van der Waals surface area (Å²) in [5, 5.41) is 20.4. The van der Waals surface area contributed by atoms with E-state index in [-0.39, 0.29) is 52.6 Å². The van der Waals surface area contributed by atoms with E-state index < -0.39 is 41.5 Å². The molecule has 0 spiro atoms. The number of ether oxygens (including phenoxy) is 1. The average molecular weight is 540 g/mol. The van der Waals surface area contributed by atoms with Crippen LogP contribution in [0.3, 0.4) is 0 Å². The summed E-state index contributed by atoms with van der Waals surface area (Å²) in [4.78, 5) is 66.8. The molecule has 4 atom stereocenters. The molecule has 0 aromatic heterocycles. The number of aromatic hydroxyl groups is 1. The summed E-state index contributed by atoms with van der Waals surface area (Å²) >= 11 is 0. The lowest BCUT2D eigenvalue weighted by atomic mass is 9.59. The van der Waals surface area contributed by atoms with Crippen LogP contribution < -0.4 is 9.64 Å². The monoisotopic (exact) mass is 539 g/mol. The summed E-state index contributed by atoms with van der Waals surface area (Å²) in [6.07, 6.45) is 3.49. The van der Waals surface area contributed by atoms with E-state index in [4.69, 9.17) is 4.74 Å². The first-order valence-corrected chi connectivity index (χ1v) is 12.9. The molecule has 1 saturated heterocycles. The molecule has 40 heavy (non-hydrogen) atoms. The number of phenolic OH excluding ortho intramolecular Hbond substituents is 1. The van der Waals surface area contributed by atoms with E-state index in [2.05, 4.69) is 0 Å². The largest absolute Gasteiger partial charge is 0.507 e. The van der Waals surface area contributed by atoms with Crippen molar-refractivity contribution >= 4 is 35.0 Å². The number of carboxylic acids is 1. The van der Waals surface area contributed by atoms with E-state index in [1.165, 1.54) is 43.5 Å². The van der Waals surface area contributed by atoms with Crippen LogP contribution in [-0.4, -0.2) is 46.7 Å². The predicted molar refractivity (Wildman–Crippen MR) is 142 cm³/mol. The third kappa shape index (κ3) is 3.65. The molecule has 4 unspecified atom stereocenters. The number of aromatic carboxylic acids is 1. The van der Waals surface area contributed by atoms with E-state index in [0.717, 1.165) is 4.90 Å². The molecule has 9 nitrogen and oxygen atoms in total. The Morgan fingerprint density at radius 3 is 2.50 bits per heavy atom. The molecule has 1 fully saturated rings. The van der Waals surface area contributed by atoms with Crippen LogP contribution >= 0.6 is 0 Å². The molecule has 1 heterocycles. The van der Waals surface area contributed by atoms with Gasteiger partial charge in [-0.15, -0.1) is 0 Å². The minimum atomic E-state index is -1.18. The van der Waals surface area contributed by atoms with Gasteiger partial charge in [-0.25, -0.2) is 4.79 Å². The number of hydrogen-bond donors (Lipinski definition) is 2. The molecule has 9 heteroatoms. The molecule has 202 valence electrons. The zero-order chi connectivity index (χ0) is 28.5. The molecule has 0 saturated carbocycles. The Hall–Kier alpha value is -4.79. The van der Waals surface area contributed by atoms with E-state index in [1.807, 2.05) is 6.08 Å². The maximum Gasteiger partial charge on any atom is 0.335 e. The fourth-order valence-electron chi connectivity index (χ4n) is 6.64. The number of ketones is 2. The first-order valence-electron chi connectivity index (χ1n) is 12.9. The Labute approximate surface area is 229 Å². The summed E-state index contributed by atoms with van der Waals surface area (Å²) in [5.74, 6) is -5.28. The molecule has 3 aliphatic carbocycles. The topological polar surface area (TPSA) is 138 Å². The quantitative estimate of drug-likeness (QED) is 0.341. The Balaban J connectivity index is 1.48. The number of nitrogens with zero attached hydrogens (tertiary/aromatic N) is 1. The third-order valence-electron chi connectivity index (χ3n) is 8.46. The summed E-state index contributed by atoms with van der Waals surface area (Å²) in [7, 11) is 1.47. The lowest BCUT2D eigenvalue weighted by Crippen LogP contribution is -2.39. The van der Waals surface area contributed by atoms with Crippen molar-refractivity contribution in [1.82, 2.24) is 0 Å².